The number of ether oxygens (including phenoxy) is 4. The van der Waals surface area contributed by atoms with Gasteiger partial charge in [-0.1, -0.05) is 217 Å². The SMILES string of the molecule is CCCCCCC/C=C\C/C=C\C/C=C\CCCCCCCCCOCC(COC1OC(CO)C(O)C(O)C1O)OC(=O)CCCCCCCCCCCCCCCCCCCC. The second-order valence-corrected chi connectivity index (χ2v) is 18.3. The maximum absolute atomic E-state index is 12.8. The molecule has 6 unspecified atom stereocenters. The minimum atomic E-state index is -1.54. The van der Waals surface area contributed by atoms with Gasteiger partial charge in [-0.15, -0.1) is 0 Å². The zero-order chi connectivity index (χ0) is 45.7. The van der Waals surface area contributed by atoms with Crippen LogP contribution in [-0.4, -0.2) is 89.6 Å². The molecule has 0 spiro atoms. The summed E-state index contributed by atoms with van der Waals surface area (Å²) in [5, 5.41) is 40.3. The summed E-state index contributed by atoms with van der Waals surface area (Å²) >= 11 is 0. The van der Waals surface area contributed by atoms with Crippen molar-refractivity contribution in [1.29, 1.82) is 0 Å². The fourth-order valence-corrected chi connectivity index (χ4v) is 8.15. The fourth-order valence-electron chi connectivity index (χ4n) is 8.15. The molecule has 9 nitrogen and oxygen atoms in total. The average Bonchev–Trinajstić information content (AvgIpc) is 3.28. The standard InChI is InChI=1S/C54H100O9/c1-3-5-7-9-11-13-15-17-19-21-23-24-25-26-28-30-32-34-36-38-40-42-44-60-46-48(47-61-54-53(59)52(58)51(57)49(45-55)63-54)62-50(56)43-41-39-37-35-33-31-29-27-22-20-18-16-14-12-10-8-6-4-2/h15,17,21,23,25-26,48-49,51-55,57-59H,3-14,16,18-20,22,24,27-47H2,1-2H3/b17-15-,23-21-,26-25-. The molecule has 0 radical (unpaired) electrons. The second kappa shape index (κ2) is 45.6. The van der Waals surface area contributed by atoms with Crippen molar-refractivity contribution in [2.45, 2.75) is 275 Å². The van der Waals surface area contributed by atoms with E-state index in [1.54, 1.807) is 0 Å². The smallest absolute Gasteiger partial charge is 0.306 e. The minimum Gasteiger partial charge on any atom is -0.457 e. The topological polar surface area (TPSA) is 135 Å². The quantitative estimate of drug-likeness (QED) is 0.0268. The Morgan fingerprint density at radius 2 is 0.921 bits per heavy atom. The van der Waals surface area contributed by atoms with Gasteiger partial charge in [0, 0.05) is 13.0 Å². The third-order valence-electron chi connectivity index (χ3n) is 12.3. The first-order valence-electron chi connectivity index (χ1n) is 26.6. The van der Waals surface area contributed by atoms with E-state index in [4.69, 9.17) is 18.9 Å². The number of esters is 1. The van der Waals surface area contributed by atoms with Crippen LogP contribution in [0, 0.1) is 0 Å². The molecular weight excluding hydrogens is 793 g/mol. The molecule has 63 heavy (non-hydrogen) atoms. The number of carbonyl (C=O) groups excluding carboxylic acids is 1. The molecule has 370 valence electrons. The zero-order valence-electron chi connectivity index (χ0n) is 40.8. The van der Waals surface area contributed by atoms with Crippen LogP contribution in [0.5, 0.6) is 0 Å². The number of hydrogen-bond acceptors (Lipinski definition) is 9. The Hall–Kier alpha value is -1.59. The van der Waals surface area contributed by atoms with Gasteiger partial charge in [0.1, 0.15) is 30.5 Å². The van der Waals surface area contributed by atoms with E-state index >= 15 is 0 Å². The molecule has 1 aliphatic heterocycles. The van der Waals surface area contributed by atoms with Gasteiger partial charge in [-0.25, -0.2) is 0 Å². The Balaban J connectivity index is 2.20. The maximum atomic E-state index is 12.8. The highest BCUT2D eigenvalue weighted by molar-refractivity contribution is 5.69. The summed E-state index contributed by atoms with van der Waals surface area (Å²) in [6.07, 6.45) is 48.9. The number of aliphatic hydroxyl groups excluding tert-OH is 4. The van der Waals surface area contributed by atoms with Crippen molar-refractivity contribution < 1.29 is 44.2 Å². The van der Waals surface area contributed by atoms with Crippen LogP contribution >= 0.6 is 0 Å². The van der Waals surface area contributed by atoms with E-state index in [2.05, 4.69) is 50.3 Å². The largest absolute Gasteiger partial charge is 0.457 e. The van der Waals surface area contributed by atoms with Crippen LogP contribution in [0.25, 0.3) is 0 Å². The lowest BCUT2D eigenvalue weighted by atomic mass is 9.99. The molecule has 4 N–H and O–H groups in total. The molecule has 1 saturated heterocycles. The molecule has 0 amide bonds. The first-order chi connectivity index (χ1) is 30.9. The predicted octanol–water partition coefficient (Wildman–Crippen LogP) is 13.1. The first kappa shape index (κ1) is 59.4. The van der Waals surface area contributed by atoms with Crippen LogP contribution < -0.4 is 0 Å². The summed E-state index contributed by atoms with van der Waals surface area (Å²) in [5.41, 5.74) is 0. The maximum Gasteiger partial charge on any atom is 0.306 e. The van der Waals surface area contributed by atoms with Crippen LogP contribution in [0.4, 0.5) is 0 Å². The van der Waals surface area contributed by atoms with Crippen molar-refractivity contribution in [1.82, 2.24) is 0 Å². The zero-order valence-corrected chi connectivity index (χ0v) is 40.8. The average molecular weight is 893 g/mol. The van der Waals surface area contributed by atoms with E-state index in [-0.39, 0.29) is 19.2 Å². The Morgan fingerprint density at radius 1 is 0.508 bits per heavy atom. The number of hydrogen-bond donors (Lipinski definition) is 4. The second-order valence-electron chi connectivity index (χ2n) is 18.3. The highest BCUT2D eigenvalue weighted by Crippen LogP contribution is 2.23. The van der Waals surface area contributed by atoms with Crippen LogP contribution in [-0.2, 0) is 23.7 Å². The summed E-state index contributed by atoms with van der Waals surface area (Å²) in [6.45, 7) is 4.56. The van der Waals surface area contributed by atoms with Gasteiger partial charge in [0.2, 0.25) is 0 Å². The number of unbranched alkanes of at least 4 members (excludes halogenated alkanes) is 29. The Bertz CT molecular complexity index is 1060. The van der Waals surface area contributed by atoms with E-state index in [9.17, 15) is 25.2 Å². The van der Waals surface area contributed by atoms with Crippen molar-refractivity contribution in [3.8, 4) is 0 Å². The van der Waals surface area contributed by atoms with Crippen LogP contribution in [0.15, 0.2) is 36.5 Å². The molecule has 0 aromatic heterocycles. The van der Waals surface area contributed by atoms with E-state index < -0.39 is 43.4 Å². The highest BCUT2D eigenvalue weighted by Gasteiger charge is 2.44. The number of carbonyl (C=O) groups is 1. The summed E-state index contributed by atoms with van der Waals surface area (Å²) < 4.78 is 22.9. The van der Waals surface area contributed by atoms with Gasteiger partial charge in [-0.3, -0.25) is 4.79 Å². The third-order valence-corrected chi connectivity index (χ3v) is 12.3. The summed E-state index contributed by atoms with van der Waals surface area (Å²) in [4.78, 5) is 12.8. The summed E-state index contributed by atoms with van der Waals surface area (Å²) in [5.74, 6) is -0.313. The Labute approximate surface area is 387 Å². The monoisotopic (exact) mass is 893 g/mol. The molecule has 0 bridgehead atoms. The molecule has 1 fully saturated rings. The van der Waals surface area contributed by atoms with Gasteiger partial charge in [0.05, 0.1) is 19.8 Å². The third kappa shape index (κ3) is 36.2. The number of aliphatic hydroxyl groups is 4. The lowest BCUT2D eigenvalue weighted by Gasteiger charge is -2.39. The van der Waals surface area contributed by atoms with Gasteiger partial charge >= 0.3 is 5.97 Å². The van der Waals surface area contributed by atoms with Gasteiger partial charge < -0.3 is 39.4 Å². The van der Waals surface area contributed by atoms with Gasteiger partial charge in [-0.05, 0) is 51.4 Å². The van der Waals surface area contributed by atoms with Gasteiger partial charge in [0.25, 0.3) is 0 Å². The molecule has 6 atom stereocenters. The van der Waals surface area contributed by atoms with Crippen molar-refractivity contribution in [3.05, 3.63) is 36.5 Å². The van der Waals surface area contributed by atoms with Crippen molar-refractivity contribution in [3.63, 3.8) is 0 Å². The van der Waals surface area contributed by atoms with E-state index in [0.29, 0.717) is 13.0 Å². The highest BCUT2D eigenvalue weighted by atomic mass is 16.7. The Morgan fingerprint density at radius 3 is 1.38 bits per heavy atom. The molecular formula is C54H100O9. The normalized spacial score (nSPS) is 19.9. The summed E-state index contributed by atoms with van der Waals surface area (Å²) in [6, 6.07) is 0. The molecule has 0 aliphatic carbocycles. The van der Waals surface area contributed by atoms with Crippen molar-refractivity contribution in [2.24, 2.45) is 0 Å². The minimum absolute atomic E-state index is 0.115. The lowest BCUT2D eigenvalue weighted by molar-refractivity contribution is -0.305. The fraction of sp³-hybridized carbons (Fsp3) is 0.870. The van der Waals surface area contributed by atoms with Crippen LogP contribution in [0.3, 0.4) is 0 Å². The molecule has 1 rings (SSSR count). The predicted molar refractivity (Wildman–Crippen MR) is 261 cm³/mol. The van der Waals surface area contributed by atoms with E-state index in [1.807, 2.05) is 0 Å². The molecule has 9 heteroatoms. The lowest BCUT2D eigenvalue weighted by Crippen LogP contribution is -2.59. The molecule has 0 aromatic carbocycles. The van der Waals surface area contributed by atoms with Crippen molar-refractivity contribution >= 4 is 5.97 Å². The Kier molecular flexibility index (Phi) is 43.0. The summed E-state index contributed by atoms with van der Waals surface area (Å²) in [7, 11) is 0. The number of allylic oxidation sites excluding steroid dienone is 6. The van der Waals surface area contributed by atoms with Crippen LogP contribution in [0.1, 0.15) is 239 Å². The number of rotatable bonds is 46. The van der Waals surface area contributed by atoms with Gasteiger partial charge in [-0.2, -0.15) is 0 Å². The van der Waals surface area contributed by atoms with E-state index in [0.717, 1.165) is 57.8 Å². The van der Waals surface area contributed by atoms with E-state index in [1.165, 1.54) is 161 Å². The van der Waals surface area contributed by atoms with Gasteiger partial charge in [0.15, 0.2) is 6.29 Å². The molecule has 1 heterocycles. The van der Waals surface area contributed by atoms with Crippen molar-refractivity contribution in [2.75, 3.05) is 26.4 Å². The first-order valence-corrected chi connectivity index (χ1v) is 26.6. The molecule has 0 saturated carbocycles. The molecule has 0 aromatic rings. The molecule has 1 aliphatic rings. The van der Waals surface area contributed by atoms with Crippen LogP contribution in [0.2, 0.25) is 0 Å².